The zero-order valence-corrected chi connectivity index (χ0v) is 24.1. The molecule has 0 saturated heterocycles. The van der Waals surface area contributed by atoms with Crippen molar-refractivity contribution in [3.05, 3.63) is 88.9 Å². The van der Waals surface area contributed by atoms with Crippen LogP contribution in [0.15, 0.2) is 77.7 Å². The Morgan fingerprint density at radius 2 is 1.72 bits per heavy atom. The van der Waals surface area contributed by atoms with E-state index in [4.69, 9.17) is 16.3 Å². The number of nitrogens with one attached hydrogen (secondary N) is 1. The number of ether oxygens (including phenoxy) is 1. The maximum atomic E-state index is 13.9. The predicted molar refractivity (Wildman–Crippen MR) is 153 cm³/mol. The highest BCUT2D eigenvalue weighted by atomic mass is 35.5. The number of sulfonamides is 1. The van der Waals surface area contributed by atoms with E-state index in [1.54, 1.807) is 62.6 Å². The van der Waals surface area contributed by atoms with E-state index in [1.165, 1.54) is 23.1 Å². The number of aryl methyl sites for hydroxylation is 1. The van der Waals surface area contributed by atoms with E-state index in [0.717, 1.165) is 21.9 Å². The van der Waals surface area contributed by atoms with Gasteiger partial charge in [0, 0.05) is 18.1 Å². The third kappa shape index (κ3) is 7.74. The summed E-state index contributed by atoms with van der Waals surface area (Å²) in [6, 6.07) is 19.0. The molecular formula is C29H34ClN3O5S. The van der Waals surface area contributed by atoms with Gasteiger partial charge in [-0.1, -0.05) is 54.4 Å². The second-order valence-corrected chi connectivity index (χ2v) is 11.4. The zero-order chi connectivity index (χ0) is 28.6. The van der Waals surface area contributed by atoms with Crippen LogP contribution < -0.4 is 14.4 Å². The third-order valence-corrected chi connectivity index (χ3v) is 8.21. The van der Waals surface area contributed by atoms with Crippen LogP contribution in [0, 0.1) is 6.92 Å². The van der Waals surface area contributed by atoms with Gasteiger partial charge in [-0.15, -0.1) is 0 Å². The van der Waals surface area contributed by atoms with Crippen LogP contribution >= 0.6 is 11.6 Å². The third-order valence-electron chi connectivity index (χ3n) is 6.19. The number of hydrogen-bond acceptors (Lipinski definition) is 5. The lowest BCUT2D eigenvalue weighted by Gasteiger charge is -2.32. The molecule has 1 atom stereocenters. The van der Waals surface area contributed by atoms with Crippen LogP contribution in [0.1, 0.15) is 31.4 Å². The van der Waals surface area contributed by atoms with Crippen molar-refractivity contribution in [2.75, 3.05) is 24.5 Å². The molecule has 0 radical (unpaired) electrons. The lowest BCUT2D eigenvalue weighted by atomic mass is 10.1. The quantitative estimate of drug-likeness (QED) is 0.337. The van der Waals surface area contributed by atoms with Crippen molar-refractivity contribution in [1.29, 1.82) is 0 Å². The average Bonchev–Trinajstić information content (AvgIpc) is 2.93. The molecule has 1 unspecified atom stereocenters. The molecule has 0 saturated carbocycles. The molecule has 1 N–H and O–H groups in total. The molecule has 2 amide bonds. The molecule has 3 aromatic carbocycles. The molecule has 0 aliphatic heterocycles. The van der Waals surface area contributed by atoms with Crippen LogP contribution in [-0.4, -0.2) is 51.4 Å². The smallest absolute Gasteiger partial charge is 0.264 e. The van der Waals surface area contributed by atoms with E-state index in [-0.39, 0.29) is 23.0 Å². The molecule has 39 heavy (non-hydrogen) atoms. The molecule has 3 rings (SSSR count). The maximum Gasteiger partial charge on any atom is 0.264 e. The molecule has 0 aromatic heterocycles. The Morgan fingerprint density at radius 3 is 2.36 bits per heavy atom. The van der Waals surface area contributed by atoms with Crippen molar-refractivity contribution in [3.63, 3.8) is 0 Å². The molecule has 0 bridgehead atoms. The molecule has 208 valence electrons. The molecule has 0 fully saturated rings. The van der Waals surface area contributed by atoms with Gasteiger partial charge in [-0.05, 0) is 68.3 Å². The summed E-state index contributed by atoms with van der Waals surface area (Å²) in [6.45, 7) is 5.41. The second kappa shape index (κ2) is 13.5. The lowest BCUT2D eigenvalue weighted by molar-refractivity contribution is -0.139. The number of benzene rings is 3. The summed E-state index contributed by atoms with van der Waals surface area (Å²) in [5.41, 5.74) is 1.87. The molecule has 3 aromatic rings. The van der Waals surface area contributed by atoms with Crippen LogP contribution in [-0.2, 0) is 26.2 Å². The summed E-state index contributed by atoms with van der Waals surface area (Å²) in [7, 11) is -2.61. The minimum absolute atomic E-state index is 0.0361. The van der Waals surface area contributed by atoms with E-state index < -0.39 is 28.5 Å². The Labute approximate surface area is 235 Å². The fraction of sp³-hybridized carbons (Fsp3) is 0.310. The number of methoxy groups -OCH3 is 1. The van der Waals surface area contributed by atoms with Gasteiger partial charge >= 0.3 is 0 Å². The fourth-order valence-corrected chi connectivity index (χ4v) is 5.53. The molecule has 0 spiro atoms. The summed E-state index contributed by atoms with van der Waals surface area (Å²) in [6.07, 6.45) is 0.736. The highest BCUT2D eigenvalue weighted by Gasteiger charge is 2.32. The van der Waals surface area contributed by atoms with Crippen LogP contribution in [0.5, 0.6) is 5.75 Å². The first kappa shape index (κ1) is 30.0. The van der Waals surface area contributed by atoms with Gasteiger partial charge in [0.05, 0.1) is 17.7 Å². The van der Waals surface area contributed by atoms with Crippen LogP contribution in [0.4, 0.5) is 5.69 Å². The number of nitrogens with zero attached hydrogens (tertiary/aromatic N) is 2. The summed E-state index contributed by atoms with van der Waals surface area (Å²) >= 11 is 6.20. The number of halogens is 1. The number of anilines is 1. The maximum absolute atomic E-state index is 13.9. The van der Waals surface area contributed by atoms with Crippen molar-refractivity contribution in [2.45, 2.75) is 44.7 Å². The molecule has 0 aliphatic carbocycles. The standard InChI is InChI=1S/C29H34ClN3O5S/c1-5-16-31-29(35)22(3)32(19-23-8-6-11-26(17-23)38-4)28(34)20-33(25-10-7-9-24(30)18-25)39(36,37)27-14-12-21(2)13-15-27/h6-15,17-18,22H,5,16,19-20H2,1-4H3,(H,31,35). The van der Waals surface area contributed by atoms with Gasteiger partial charge < -0.3 is 15.0 Å². The Morgan fingerprint density at radius 1 is 1.03 bits per heavy atom. The lowest BCUT2D eigenvalue weighted by Crippen LogP contribution is -2.51. The second-order valence-electron chi connectivity index (χ2n) is 9.14. The van der Waals surface area contributed by atoms with E-state index in [9.17, 15) is 18.0 Å². The van der Waals surface area contributed by atoms with Gasteiger partial charge in [-0.25, -0.2) is 8.42 Å². The summed E-state index contributed by atoms with van der Waals surface area (Å²) < 4.78 is 34.0. The van der Waals surface area contributed by atoms with Gasteiger partial charge in [-0.2, -0.15) is 0 Å². The Balaban J connectivity index is 2.02. The fourth-order valence-electron chi connectivity index (χ4n) is 3.94. The van der Waals surface area contributed by atoms with Gasteiger partial charge in [0.1, 0.15) is 18.3 Å². The highest BCUT2D eigenvalue weighted by molar-refractivity contribution is 7.92. The van der Waals surface area contributed by atoms with E-state index >= 15 is 0 Å². The number of carbonyl (C=O) groups is 2. The summed E-state index contributed by atoms with van der Waals surface area (Å²) in [5.74, 6) is -0.276. The predicted octanol–water partition coefficient (Wildman–Crippen LogP) is 4.80. The van der Waals surface area contributed by atoms with Crippen molar-refractivity contribution >= 4 is 39.1 Å². The molecule has 10 heteroatoms. The first-order valence-electron chi connectivity index (χ1n) is 12.6. The van der Waals surface area contributed by atoms with Crippen LogP contribution in [0.3, 0.4) is 0 Å². The summed E-state index contributed by atoms with van der Waals surface area (Å²) in [4.78, 5) is 28.2. The van der Waals surface area contributed by atoms with Gasteiger partial charge in [0.15, 0.2) is 0 Å². The number of carbonyl (C=O) groups excluding carboxylic acids is 2. The largest absolute Gasteiger partial charge is 0.497 e. The zero-order valence-electron chi connectivity index (χ0n) is 22.6. The van der Waals surface area contributed by atoms with Gasteiger partial charge in [0.25, 0.3) is 10.0 Å². The van der Waals surface area contributed by atoms with Crippen molar-refractivity contribution < 1.29 is 22.7 Å². The Kier molecular flexibility index (Phi) is 10.4. The van der Waals surface area contributed by atoms with Gasteiger partial charge in [-0.3, -0.25) is 13.9 Å². The van der Waals surface area contributed by atoms with E-state index in [1.807, 2.05) is 19.9 Å². The highest BCUT2D eigenvalue weighted by Crippen LogP contribution is 2.27. The van der Waals surface area contributed by atoms with Crippen LogP contribution in [0.25, 0.3) is 0 Å². The monoisotopic (exact) mass is 571 g/mol. The number of hydrogen-bond donors (Lipinski definition) is 1. The van der Waals surface area contributed by atoms with Crippen molar-refractivity contribution in [1.82, 2.24) is 10.2 Å². The minimum Gasteiger partial charge on any atom is -0.497 e. The van der Waals surface area contributed by atoms with E-state index in [0.29, 0.717) is 17.3 Å². The first-order valence-corrected chi connectivity index (χ1v) is 14.4. The van der Waals surface area contributed by atoms with Gasteiger partial charge in [0.2, 0.25) is 11.8 Å². The number of amides is 2. The van der Waals surface area contributed by atoms with Crippen LogP contribution in [0.2, 0.25) is 5.02 Å². The Hall–Kier alpha value is -3.56. The van der Waals surface area contributed by atoms with Crippen molar-refractivity contribution in [2.24, 2.45) is 0 Å². The molecule has 8 nitrogen and oxygen atoms in total. The molecular weight excluding hydrogens is 538 g/mol. The first-order chi connectivity index (χ1) is 18.6. The molecule has 0 aliphatic rings. The SMILES string of the molecule is CCCNC(=O)C(C)N(Cc1cccc(OC)c1)C(=O)CN(c1cccc(Cl)c1)S(=O)(=O)c1ccc(C)cc1. The van der Waals surface area contributed by atoms with Crippen molar-refractivity contribution in [3.8, 4) is 5.75 Å². The molecule has 0 heterocycles. The van der Waals surface area contributed by atoms with E-state index in [2.05, 4.69) is 5.32 Å². The average molecular weight is 572 g/mol. The normalized spacial score (nSPS) is 11.9. The summed E-state index contributed by atoms with van der Waals surface area (Å²) in [5, 5.41) is 3.15. The minimum atomic E-state index is -4.15. The number of rotatable bonds is 12. The topological polar surface area (TPSA) is 96.0 Å². The Bertz CT molecular complexity index is 1400.